The molecule has 56 heavy (non-hydrogen) atoms. The van der Waals surface area contributed by atoms with Gasteiger partial charge in [0.05, 0.1) is 0 Å². The molecule has 0 amide bonds. The van der Waals surface area contributed by atoms with Gasteiger partial charge in [-0.2, -0.15) is 0 Å². The van der Waals surface area contributed by atoms with E-state index in [9.17, 15) is 0 Å². The fourth-order valence-electron chi connectivity index (χ4n) is 9.97. The number of rotatable bonds is 3. The maximum Gasteiger partial charge on any atom is 0.0437 e. The number of benzene rings is 10. The minimum atomic E-state index is 0.00183. The van der Waals surface area contributed by atoms with Crippen LogP contribution in [0.2, 0.25) is 0 Å². The predicted octanol–water partition coefficient (Wildman–Crippen LogP) is 16.0. The molecule has 262 valence electrons. The van der Waals surface area contributed by atoms with E-state index in [0.717, 1.165) is 0 Å². The van der Waals surface area contributed by atoms with Gasteiger partial charge >= 0.3 is 0 Å². The summed E-state index contributed by atoms with van der Waals surface area (Å²) in [6, 6.07) is 68.2. The SMILES string of the molecule is CC1(C)c2ccccc2-c2c1ccc1c2sc2cc3cc(-c4cccc(-c5c6ccccc6c(-c6cccc7ccccc67)c6ccccc56)c4)ccc3cc21. The molecule has 12 rings (SSSR count). The Morgan fingerprint density at radius 1 is 0.339 bits per heavy atom. The molecule has 1 aromatic heterocycles. The first-order valence-electron chi connectivity index (χ1n) is 19.6. The Bertz CT molecular complexity index is 3390. The highest BCUT2D eigenvalue weighted by atomic mass is 32.1. The molecule has 0 saturated heterocycles. The zero-order valence-electron chi connectivity index (χ0n) is 31.2. The number of hydrogen-bond donors (Lipinski definition) is 0. The van der Waals surface area contributed by atoms with Crippen LogP contribution >= 0.6 is 11.3 Å². The lowest BCUT2D eigenvalue weighted by Gasteiger charge is -2.21. The summed E-state index contributed by atoms with van der Waals surface area (Å²) in [6.07, 6.45) is 0. The Morgan fingerprint density at radius 3 is 1.77 bits per heavy atom. The molecule has 0 radical (unpaired) electrons. The van der Waals surface area contributed by atoms with Crippen molar-refractivity contribution >= 4 is 74.6 Å². The van der Waals surface area contributed by atoms with E-state index >= 15 is 0 Å². The summed E-state index contributed by atoms with van der Waals surface area (Å²) < 4.78 is 2.75. The molecule has 0 aliphatic heterocycles. The fourth-order valence-corrected chi connectivity index (χ4v) is 11.3. The van der Waals surface area contributed by atoms with Crippen LogP contribution in [0.25, 0.3) is 108 Å². The highest BCUT2D eigenvalue weighted by Crippen LogP contribution is 2.54. The van der Waals surface area contributed by atoms with Crippen molar-refractivity contribution in [2.24, 2.45) is 0 Å². The summed E-state index contributed by atoms with van der Waals surface area (Å²) in [5.74, 6) is 0. The molecule has 0 bridgehead atoms. The summed E-state index contributed by atoms with van der Waals surface area (Å²) >= 11 is 1.95. The Hall–Kier alpha value is -6.54. The fraction of sp³-hybridized carbons (Fsp3) is 0.0545. The molecular formula is C55H36S. The predicted molar refractivity (Wildman–Crippen MR) is 243 cm³/mol. The van der Waals surface area contributed by atoms with Crippen LogP contribution in [0.3, 0.4) is 0 Å². The molecule has 0 N–H and O–H groups in total. The second-order valence-electron chi connectivity index (χ2n) is 16.0. The minimum absolute atomic E-state index is 0.00183. The van der Waals surface area contributed by atoms with Gasteiger partial charge in [0, 0.05) is 31.2 Å². The van der Waals surface area contributed by atoms with Crippen molar-refractivity contribution in [1.29, 1.82) is 0 Å². The van der Waals surface area contributed by atoms with Crippen molar-refractivity contribution in [3.05, 3.63) is 193 Å². The molecule has 10 aromatic carbocycles. The summed E-state index contributed by atoms with van der Waals surface area (Å²) in [6.45, 7) is 4.74. The van der Waals surface area contributed by atoms with Gasteiger partial charge in [-0.15, -0.1) is 11.3 Å². The average Bonchev–Trinajstić information content (AvgIpc) is 3.72. The van der Waals surface area contributed by atoms with Crippen molar-refractivity contribution in [1.82, 2.24) is 0 Å². The molecule has 0 spiro atoms. The van der Waals surface area contributed by atoms with Crippen LogP contribution in [0, 0.1) is 0 Å². The number of fused-ring (bicyclic) bond motifs is 11. The highest BCUT2D eigenvalue weighted by Gasteiger charge is 2.36. The van der Waals surface area contributed by atoms with E-state index in [1.54, 1.807) is 0 Å². The maximum absolute atomic E-state index is 2.42. The zero-order valence-corrected chi connectivity index (χ0v) is 32.0. The number of hydrogen-bond acceptors (Lipinski definition) is 1. The molecule has 0 nitrogen and oxygen atoms in total. The molecule has 0 fully saturated rings. The molecule has 1 heterocycles. The van der Waals surface area contributed by atoms with Crippen molar-refractivity contribution in [3.8, 4) is 44.5 Å². The van der Waals surface area contributed by atoms with Crippen LogP contribution < -0.4 is 0 Å². The summed E-state index contributed by atoms with van der Waals surface area (Å²) in [7, 11) is 0. The van der Waals surface area contributed by atoms with Crippen LogP contribution in [0.4, 0.5) is 0 Å². The smallest absolute Gasteiger partial charge is 0.0437 e. The van der Waals surface area contributed by atoms with Crippen LogP contribution in [-0.2, 0) is 5.41 Å². The molecule has 0 unspecified atom stereocenters. The largest absolute Gasteiger partial charge is 0.134 e. The monoisotopic (exact) mass is 728 g/mol. The van der Waals surface area contributed by atoms with Crippen molar-refractivity contribution in [2.75, 3.05) is 0 Å². The molecular weight excluding hydrogens is 693 g/mol. The van der Waals surface area contributed by atoms with E-state index in [-0.39, 0.29) is 5.41 Å². The van der Waals surface area contributed by atoms with Crippen LogP contribution in [0.5, 0.6) is 0 Å². The first-order valence-corrected chi connectivity index (χ1v) is 20.4. The standard InChI is InChI=1S/C55H36S/c1-55(2)48-24-10-9-22-46(48)53-49(55)28-27-45-47-31-36-26-25-35(30-38(36)32-50(47)56-54(45)53)34-15-11-16-37(29-34)51-41-18-5-7-20-43(41)52(44-21-8-6-19-42(44)51)40-23-12-14-33-13-3-4-17-39(33)40/h3-32H,1-2H3. The van der Waals surface area contributed by atoms with Gasteiger partial charge < -0.3 is 0 Å². The number of thiophene rings is 1. The van der Waals surface area contributed by atoms with Crippen LogP contribution in [0.1, 0.15) is 25.0 Å². The van der Waals surface area contributed by atoms with Gasteiger partial charge in [-0.1, -0.05) is 172 Å². The van der Waals surface area contributed by atoms with Gasteiger partial charge in [0.15, 0.2) is 0 Å². The first-order chi connectivity index (χ1) is 27.5. The Labute approximate surface area is 329 Å². The third kappa shape index (κ3) is 4.47. The van der Waals surface area contributed by atoms with E-state index in [1.807, 2.05) is 11.3 Å². The van der Waals surface area contributed by atoms with Gasteiger partial charge in [-0.05, 0) is 117 Å². The van der Waals surface area contributed by atoms with Crippen molar-refractivity contribution in [2.45, 2.75) is 19.3 Å². The van der Waals surface area contributed by atoms with E-state index in [4.69, 9.17) is 0 Å². The van der Waals surface area contributed by atoms with Gasteiger partial charge in [0.2, 0.25) is 0 Å². The molecule has 0 atom stereocenters. The summed E-state index contributed by atoms with van der Waals surface area (Å²) in [5, 5.41) is 12.9. The van der Waals surface area contributed by atoms with Gasteiger partial charge in [-0.3, -0.25) is 0 Å². The van der Waals surface area contributed by atoms with Gasteiger partial charge in [0.1, 0.15) is 0 Å². The topological polar surface area (TPSA) is 0 Å². The second kappa shape index (κ2) is 11.7. The Kier molecular flexibility index (Phi) is 6.66. The van der Waals surface area contributed by atoms with E-state index < -0.39 is 0 Å². The zero-order chi connectivity index (χ0) is 37.1. The lowest BCUT2D eigenvalue weighted by Crippen LogP contribution is -2.14. The Balaban J connectivity index is 1.02. The quantitative estimate of drug-likeness (QED) is 0.159. The lowest BCUT2D eigenvalue weighted by atomic mass is 9.82. The second-order valence-corrected chi connectivity index (χ2v) is 17.0. The van der Waals surface area contributed by atoms with Crippen molar-refractivity contribution < 1.29 is 0 Å². The highest BCUT2D eigenvalue weighted by molar-refractivity contribution is 7.26. The van der Waals surface area contributed by atoms with E-state index in [0.29, 0.717) is 0 Å². The normalized spacial score (nSPS) is 13.3. The Morgan fingerprint density at radius 2 is 0.964 bits per heavy atom. The van der Waals surface area contributed by atoms with Crippen LogP contribution in [-0.4, -0.2) is 0 Å². The van der Waals surface area contributed by atoms with E-state index in [2.05, 4.69) is 196 Å². The molecule has 1 aliphatic rings. The van der Waals surface area contributed by atoms with E-state index in [1.165, 1.54) is 119 Å². The summed E-state index contributed by atoms with van der Waals surface area (Å²) in [5.41, 5.74) is 13.2. The minimum Gasteiger partial charge on any atom is -0.134 e. The maximum atomic E-state index is 2.42. The third-order valence-electron chi connectivity index (χ3n) is 12.6. The molecule has 11 aromatic rings. The van der Waals surface area contributed by atoms with Gasteiger partial charge in [0.25, 0.3) is 0 Å². The third-order valence-corrected chi connectivity index (χ3v) is 13.8. The first kappa shape index (κ1) is 31.8. The molecule has 1 aliphatic carbocycles. The van der Waals surface area contributed by atoms with Gasteiger partial charge in [-0.25, -0.2) is 0 Å². The lowest BCUT2D eigenvalue weighted by molar-refractivity contribution is 0.661. The average molecular weight is 729 g/mol. The van der Waals surface area contributed by atoms with Crippen LogP contribution in [0.15, 0.2) is 182 Å². The molecule has 0 saturated carbocycles. The van der Waals surface area contributed by atoms with Crippen molar-refractivity contribution in [3.63, 3.8) is 0 Å². The molecule has 1 heteroatoms. The summed E-state index contributed by atoms with van der Waals surface area (Å²) in [4.78, 5) is 0.